The molecule has 0 amide bonds. The highest BCUT2D eigenvalue weighted by Gasteiger charge is 2.16. The smallest absolute Gasteiger partial charge is 0.221 e. The molecule has 1 N–H and O–H groups in total. The van der Waals surface area contributed by atoms with Crippen LogP contribution in [0.15, 0.2) is 30.5 Å². The van der Waals surface area contributed by atoms with E-state index in [2.05, 4.69) is 16.4 Å². The molecule has 0 atom stereocenters. The number of aromatic nitrogens is 1. The van der Waals surface area contributed by atoms with Crippen LogP contribution in [0.25, 0.3) is 10.8 Å². The maximum absolute atomic E-state index is 8.99. The monoisotopic (exact) mass is 253 g/mol. The second-order valence-corrected chi connectivity index (χ2v) is 4.73. The maximum atomic E-state index is 8.99. The summed E-state index contributed by atoms with van der Waals surface area (Å²) in [6.45, 7) is 1.97. The average Bonchev–Trinajstić information content (AvgIpc) is 2.48. The Hall–Kier alpha value is -2.12. The van der Waals surface area contributed by atoms with Gasteiger partial charge in [0.25, 0.3) is 0 Å². The summed E-state index contributed by atoms with van der Waals surface area (Å²) in [6.07, 6.45) is 3.96. The number of ether oxygens (including phenoxy) is 1. The number of nitriles is 1. The SMILES string of the molecule is N#Cc1ccc2ccnc(OC3CCNCC3)c2c1. The molecule has 2 aromatic rings. The van der Waals surface area contributed by atoms with Gasteiger partial charge in [0.2, 0.25) is 5.88 Å². The summed E-state index contributed by atoms with van der Waals surface area (Å²) in [5.74, 6) is 0.640. The third-order valence-corrected chi connectivity index (χ3v) is 3.42. The molecule has 0 radical (unpaired) electrons. The first kappa shape index (κ1) is 11.9. The zero-order valence-electron chi connectivity index (χ0n) is 10.6. The molecular formula is C15H15N3O. The summed E-state index contributed by atoms with van der Waals surface area (Å²) in [5, 5.41) is 14.3. The molecule has 1 saturated heterocycles. The Kier molecular flexibility index (Phi) is 3.30. The molecule has 4 heteroatoms. The van der Waals surface area contributed by atoms with Crippen LogP contribution in [0.4, 0.5) is 0 Å². The Morgan fingerprint density at radius 3 is 2.89 bits per heavy atom. The lowest BCUT2D eigenvalue weighted by Gasteiger charge is -2.23. The van der Waals surface area contributed by atoms with Gasteiger partial charge < -0.3 is 10.1 Å². The van der Waals surface area contributed by atoms with Crippen LogP contribution in [0, 0.1) is 11.3 Å². The summed E-state index contributed by atoms with van der Waals surface area (Å²) in [5.41, 5.74) is 0.635. The van der Waals surface area contributed by atoms with Gasteiger partial charge in [0.05, 0.1) is 11.6 Å². The predicted molar refractivity (Wildman–Crippen MR) is 73.0 cm³/mol. The highest BCUT2D eigenvalue weighted by molar-refractivity contribution is 5.87. The molecule has 4 nitrogen and oxygen atoms in total. The van der Waals surface area contributed by atoms with Crippen LogP contribution in [0.5, 0.6) is 5.88 Å². The Labute approximate surface area is 112 Å². The van der Waals surface area contributed by atoms with E-state index in [0.29, 0.717) is 11.4 Å². The van der Waals surface area contributed by atoms with E-state index in [-0.39, 0.29) is 6.10 Å². The predicted octanol–water partition coefficient (Wildman–Crippen LogP) is 2.24. The molecule has 0 aliphatic carbocycles. The Bertz CT molecular complexity index is 627. The molecule has 2 heterocycles. The molecule has 3 rings (SSSR count). The van der Waals surface area contributed by atoms with Gasteiger partial charge in [-0.3, -0.25) is 0 Å². The van der Waals surface area contributed by atoms with Gasteiger partial charge in [0.15, 0.2) is 0 Å². The zero-order valence-corrected chi connectivity index (χ0v) is 10.6. The number of hydrogen-bond donors (Lipinski definition) is 1. The van der Waals surface area contributed by atoms with Crippen molar-refractivity contribution in [3.8, 4) is 11.9 Å². The van der Waals surface area contributed by atoms with Crippen molar-refractivity contribution in [1.29, 1.82) is 5.26 Å². The Morgan fingerprint density at radius 2 is 2.11 bits per heavy atom. The van der Waals surface area contributed by atoms with E-state index in [1.807, 2.05) is 24.3 Å². The first-order chi connectivity index (χ1) is 9.36. The van der Waals surface area contributed by atoms with Crippen LogP contribution in [0.3, 0.4) is 0 Å². The fourth-order valence-electron chi connectivity index (χ4n) is 2.38. The largest absolute Gasteiger partial charge is 0.474 e. The third-order valence-electron chi connectivity index (χ3n) is 3.42. The van der Waals surface area contributed by atoms with Gasteiger partial charge in [0, 0.05) is 11.6 Å². The van der Waals surface area contributed by atoms with Crippen molar-refractivity contribution < 1.29 is 4.74 Å². The third kappa shape index (κ3) is 2.51. The van der Waals surface area contributed by atoms with Gasteiger partial charge in [-0.25, -0.2) is 4.98 Å². The highest BCUT2D eigenvalue weighted by Crippen LogP contribution is 2.26. The van der Waals surface area contributed by atoms with Crippen LogP contribution in [0.1, 0.15) is 18.4 Å². The molecular weight excluding hydrogens is 238 g/mol. The van der Waals surface area contributed by atoms with Crippen LogP contribution in [0.2, 0.25) is 0 Å². The molecule has 1 aromatic heterocycles. The van der Waals surface area contributed by atoms with E-state index in [1.54, 1.807) is 6.20 Å². The standard InChI is InChI=1S/C15H15N3O/c16-10-11-1-2-12-3-8-18-15(14(12)9-11)19-13-4-6-17-7-5-13/h1-3,8-9,13,17H,4-7H2. The Morgan fingerprint density at radius 1 is 1.26 bits per heavy atom. The minimum absolute atomic E-state index is 0.213. The zero-order chi connectivity index (χ0) is 13.1. The van der Waals surface area contributed by atoms with Gasteiger partial charge >= 0.3 is 0 Å². The number of nitrogens with one attached hydrogen (secondary N) is 1. The minimum atomic E-state index is 0.213. The van der Waals surface area contributed by atoms with Crippen molar-refractivity contribution in [3.63, 3.8) is 0 Å². The van der Waals surface area contributed by atoms with Crippen LogP contribution in [-0.2, 0) is 0 Å². The summed E-state index contributed by atoms with van der Waals surface area (Å²) in [7, 11) is 0. The molecule has 19 heavy (non-hydrogen) atoms. The van der Waals surface area contributed by atoms with Gasteiger partial charge in [-0.1, -0.05) is 6.07 Å². The number of rotatable bonds is 2. The quantitative estimate of drug-likeness (QED) is 0.891. The molecule has 1 aliphatic heterocycles. The fourth-order valence-corrected chi connectivity index (χ4v) is 2.38. The van der Waals surface area contributed by atoms with Gasteiger partial charge in [-0.15, -0.1) is 0 Å². The molecule has 0 saturated carbocycles. The molecule has 1 aliphatic rings. The summed E-state index contributed by atoms with van der Waals surface area (Å²) < 4.78 is 6.01. The highest BCUT2D eigenvalue weighted by atomic mass is 16.5. The van der Waals surface area contributed by atoms with E-state index in [0.717, 1.165) is 36.7 Å². The lowest BCUT2D eigenvalue weighted by Crippen LogP contribution is -2.34. The topological polar surface area (TPSA) is 57.9 Å². The van der Waals surface area contributed by atoms with E-state index < -0.39 is 0 Å². The first-order valence-corrected chi connectivity index (χ1v) is 6.53. The molecule has 0 bridgehead atoms. The number of hydrogen-bond acceptors (Lipinski definition) is 4. The van der Waals surface area contributed by atoms with E-state index in [1.165, 1.54) is 0 Å². The summed E-state index contributed by atoms with van der Waals surface area (Å²) in [6, 6.07) is 9.69. The number of fused-ring (bicyclic) bond motifs is 1. The molecule has 96 valence electrons. The van der Waals surface area contributed by atoms with Crippen molar-refractivity contribution in [2.24, 2.45) is 0 Å². The van der Waals surface area contributed by atoms with Crippen LogP contribution < -0.4 is 10.1 Å². The van der Waals surface area contributed by atoms with Crippen molar-refractivity contribution >= 4 is 10.8 Å². The van der Waals surface area contributed by atoms with Crippen molar-refractivity contribution in [2.45, 2.75) is 18.9 Å². The lowest BCUT2D eigenvalue weighted by molar-refractivity contribution is 0.158. The van der Waals surface area contributed by atoms with Gasteiger partial charge in [-0.05, 0) is 49.5 Å². The van der Waals surface area contributed by atoms with Gasteiger partial charge in [0.1, 0.15) is 6.10 Å². The molecule has 1 fully saturated rings. The normalized spacial score (nSPS) is 16.2. The van der Waals surface area contributed by atoms with E-state index in [4.69, 9.17) is 10.00 Å². The van der Waals surface area contributed by atoms with Crippen molar-refractivity contribution in [3.05, 3.63) is 36.0 Å². The fraction of sp³-hybridized carbons (Fsp3) is 0.333. The first-order valence-electron chi connectivity index (χ1n) is 6.53. The number of piperidine rings is 1. The van der Waals surface area contributed by atoms with Gasteiger partial charge in [-0.2, -0.15) is 5.26 Å². The number of nitrogens with zero attached hydrogens (tertiary/aromatic N) is 2. The molecule has 0 unspecified atom stereocenters. The summed E-state index contributed by atoms with van der Waals surface area (Å²) >= 11 is 0. The molecule has 0 spiro atoms. The number of pyridine rings is 1. The second-order valence-electron chi connectivity index (χ2n) is 4.73. The van der Waals surface area contributed by atoms with Crippen molar-refractivity contribution in [2.75, 3.05) is 13.1 Å². The van der Waals surface area contributed by atoms with E-state index >= 15 is 0 Å². The second kappa shape index (κ2) is 5.25. The summed E-state index contributed by atoms with van der Waals surface area (Å²) in [4.78, 5) is 4.32. The Balaban J connectivity index is 1.95. The average molecular weight is 253 g/mol. The van der Waals surface area contributed by atoms with Crippen LogP contribution >= 0.6 is 0 Å². The minimum Gasteiger partial charge on any atom is -0.474 e. The maximum Gasteiger partial charge on any atom is 0.221 e. The van der Waals surface area contributed by atoms with Crippen LogP contribution in [-0.4, -0.2) is 24.2 Å². The van der Waals surface area contributed by atoms with Crippen molar-refractivity contribution in [1.82, 2.24) is 10.3 Å². The molecule has 1 aromatic carbocycles. The van der Waals surface area contributed by atoms with E-state index in [9.17, 15) is 0 Å². The number of benzene rings is 1. The lowest BCUT2D eigenvalue weighted by atomic mass is 10.1.